The molecule has 1 heterocycles. The van der Waals surface area contributed by atoms with E-state index < -0.39 is 0 Å². The summed E-state index contributed by atoms with van der Waals surface area (Å²) in [5, 5.41) is 1.20. The SMILES string of the molecule is Cc1cccc2c(-c3ccccc3)cc(Br)nc12. The van der Waals surface area contributed by atoms with E-state index in [0.717, 1.165) is 10.1 Å². The molecule has 0 unspecified atom stereocenters. The zero-order chi connectivity index (χ0) is 12.5. The Labute approximate surface area is 115 Å². The minimum absolute atomic E-state index is 0.878. The van der Waals surface area contributed by atoms with Crippen LogP contribution in [0.25, 0.3) is 22.0 Å². The summed E-state index contributed by atoms with van der Waals surface area (Å²) < 4.78 is 0.878. The Hall–Kier alpha value is -1.67. The van der Waals surface area contributed by atoms with Gasteiger partial charge in [0.1, 0.15) is 4.60 Å². The number of hydrogen-bond acceptors (Lipinski definition) is 1. The Morgan fingerprint density at radius 1 is 0.944 bits per heavy atom. The van der Waals surface area contributed by atoms with Crippen LogP contribution in [0.5, 0.6) is 0 Å². The molecule has 0 saturated carbocycles. The summed E-state index contributed by atoms with van der Waals surface area (Å²) in [6.45, 7) is 2.09. The van der Waals surface area contributed by atoms with Crippen LogP contribution < -0.4 is 0 Å². The predicted octanol–water partition coefficient (Wildman–Crippen LogP) is 4.97. The highest BCUT2D eigenvalue weighted by Gasteiger charge is 2.07. The molecule has 88 valence electrons. The van der Waals surface area contributed by atoms with E-state index in [4.69, 9.17) is 0 Å². The molecule has 0 aliphatic heterocycles. The highest BCUT2D eigenvalue weighted by Crippen LogP contribution is 2.31. The van der Waals surface area contributed by atoms with Gasteiger partial charge >= 0.3 is 0 Å². The summed E-state index contributed by atoms with van der Waals surface area (Å²) >= 11 is 3.50. The molecule has 0 N–H and O–H groups in total. The molecule has 0 aliphatic carbocycles. The molecule has 0 amide bonds. The number of aromatic nitrogens is 1. The van der Waals surface area contributed by atoms with Crippen LogP contribution in [0.4, 0.5) is 0 Å². The molecule has 3 aromatic rings. The smallest absolute Gasteiger partial charge is 0.107 e. The molecule has 0 atom stereocenters. The van der Waals surface area contributed by atoms with Crippen molar-refractivity contribution in [2.75, 3.05) is 0 Å². The fraction of sp³-hybridized carbons (Fsp3) is 0.0625. The van der Waals surface area contributed by atoms with Crippen molar-refractivity contribution in [3.05, 3.63) is 64.8 Å². The Balaban J connectivity index is 2.39. The molecule has 2 heteroatoms. The standard InChI is InChI=1S/C16H12BrN/c1-11-6-5-9-13-14(10-15(17)18-16(11)13)12-7-3-2-4-8-12/h2-10H,1H3. The van der Waals surface area contributed by atoms with E-state index in [0.29, 0.717) is 0 Å². The number of nitrogens with zero attached hydrogens (tertiary/aromatic N) is 1. The zero-order valence-electron chi connectivity index (χ0n) is 10.0. The second-order valence-electron chi connectivity index (χ2n) is 4.33. The first-order valence-electron chi connectivity index (χ1n) is 5.87. The van der Waals surface area contributed by atoms with Crippen molar-refractivity contribution in [3.63, 3.8) is 0 Å². The van der Waals surface area contributed by atoms with Crippen molar-refractivity contribution in [1.29, 1.82) is 0 Å². The van der Waals surface area contributed by atoms with Gasteiger partial charge < -0.3 is 0 Å². The number of halogens is 1. The monoisotopic (exact) mass is 297 g/mol. The number of hydrogen-bond donors (Lipinski definition) is 0. The number of pyridine rings is 1. The van der Waals surface area contributed by atoms with E-state index in [1.807, 2.05) is 6.07 Å². The Kier molecular flexibility index (Phi) is 2.88. The zero-order valence-corrected chi connectivity index (χ0v) is 11.6. The molecule has 0 saturated heterocycles. The lowest BCUT2D eigenvalue weighted by molar-refractivity contribution is 1.32. The quantitative estimate of drug-likeness (QED) is 0.578. The molecule has 0 bridgehead atoms. The number of rotatable bonds is 1. The first-order chi connectivity index (χ1) is 8.75. The van der Waals surface area contributed by atoms with Gasteiger partial charge in [-0.15, -0.1) is 0 Å². The second-order valence-corrected chi connectivity index (χ2v) is 5.14. The van der Waals surface area contributed by atoms with Crippen LogP contribution in [0.2, 0.25) is 0 Å². The Morgan fingerprint density at radius 3 is 2.50 bits per heavy atom. The highest BCUT2D eigenvalue weighted by atomic mass is 79.9. The lowest BCUT2D eigenvalue weighted by Crippen LogP contribution is -1.88. The largest absolute Gasteiger partial charge is 0.241 e. The van der Waals surface area contributed by atoms with Gasteiger partial charge in [0.15, 0.2) is 0 Å². The van der Waals surface area contributed by atoms with Crippen LogP contribution in [0.15, 0.2) is 59.2 Å². The molecule has 18 heavy (non-hydrogen) atoms. The molecular formula is C16H12BrN. The van der Waals surface area contributed by atoms with Crippen LogP contribution in [0, 0.1) is 6.92 Å². The van der Waals surface area contributed by atoms with Gasteiger partial charge in [0, 0.05) is 5.39 Å². The van der Waals surface area contributed by atoms with Gasteiger partial charge in [-0.3, -0.25) is 0 Å². The third-order valence-electron chi connectivity index (χ3n) is 3.09. The normalized spacial score (nSPS) is 10.8. The summed E-state index contributed by atoms with van der Waals surface area (Å²) in [6, 6.07) is 18.8. The molecule has 1 aromatic heterocycles. The van der Waals surface area contributed by atoms with E-state index in [-0.39, 0.29) is 0 Å². The fourth-order valence-electron chi connectivity index (χ4n) is 2.22. The lowest BCUT2D eigenvalue weighted by atomic mass is 10.00. The number of para-hydroxylation sites is 1. The maximum absolute atomic E-state index is 4.58. The van der Waals surface area contributed by atoms with Gasteiger partial charge in [-0.1, -0.05) is 48.5 Å². The number of aryl methyl sites for hydroxylation is 1. The molecule has 0 spiro atoms. The van der Waals surface area contributed by atoms with Crippen LogP contribution in [-0.4, -0.2) is 4.98 Å². The van der Waals surface area contributed by atoms with E-state index >= 15 is 0 Å². The number of fused-ring (bicyclic) bond motifs is 1. The lowest BCUT2D eigenvalue weighted by Gasteiger charge is -2.09. The van der Waals surface area contributed by atoms with Gasteiger partial charge in [0.25, 0.3) is 0 Å². The first kappa shape index (κ1) is 11.4. The maximum atomic E-state index is 4.58. The molecule has 3 rings (SSSR count). The van der Waals surface area contributed by atoms with E-state index in [9.17, 15) is 0 Å². The maximum Gasteiger partial charge on any atom is 0.107 e. The van der Waals surface area contributed by atoms with Crippen LogP contribution in [-0.2, 0) is 0 Å². The Bertz CT molecular complexity index is 705. The molecule has 0 aliphatic rings. The first-order valence-corrected chi connectivity index (χ1v) is 6.66. The van der Waals surface area contributed by atoms with E-state index in [1.165, 1.54) is 22.1 Å². The predicted molar refractivity (Wildman–Crippen MR) is 79.6 cm³/mol. The van der Waals surface area contributed by atoms with Crippen LogP contribution in [0.3, 0.4) is 0 Å². The third-order valence-corrected chi connectivity index (χ3v) is 3.50. The van der Waals surface area contributed by atoms with Crippen molar-refractivity contribution in [3.8, 4) is 11.1 Å². The van der Waals surface area contributed by atoms with E-state index in [1.54, 1.807) is 0 Å². The topological polar surface area (TPSA) is 12.9 Å². The van der Waals surface area contributed by atoms with E-state index in [2.05, 4.69) is 76.4 Å². The van der Waals surface area contributed by atoms with Crippen molar-refractivity contribution in [1.82, 2.24) is 4.98 Å². The van der Waals surface area contributed by atoms with Gasteiger partial charge in [0.2, 0.25) is 0 Å². The summed E-state index contributed by atoms with van der Waals surface area (Å²) in [4.78, 5) is 4.58. The third kappa shape index (κ3) is 1.93. The van der Waals surface area contributed by atoms with Gasteiger partial charge in [0.05, 0.1) is 5.52 Å². The van der Waals surface area contributed by atoms with Crippen molar-refractivity contribution in [2.24, 2.45) is 0 Å². The molecular weight excluding hydrogens is 286 g/mol. The van der Waals surface area contributed by atoms with Crippen molar-refractivity contribution >= 4 is 26.8 Å². The molecule has 1 nitrogen and oxygen atoms in total. The number of benzene rings is 2. The average molecular weight is 298 g/mol. The second kappa shape index (κ2) is 4.54. The summed E-state index contributed by atoms with van der Waals surface area (Å²) in [7, 11) is 0. The van der Waals surface area contributed by atoms with Crippen LogP contribution >= 0.6 is 15.9 Å². The van der Waals surface area contributed by atoms with Crippen molar-refractivity contribution < 1.29 is 0 Å². The molecule has 0 fully saturated rings. The van der Waals surface area contributed by atoms with Gasteiger partial charge in [-0.2, -0.15) is 0 Å². The van der Waals surface area contributed by atoms with Crippen LogP contribution in [0.1, 0.15) is 5.56 Å². The van der Waals surface area contributed by atoms with Gasteiger partial charge in [-0.25, -0.2) is 4.98 Å². The molecule has 2 aromatic carbocycles. The average Bonchev–Trinajstić information content (AvgIpc) is 2.40. The fourth-order valence-corrected chi connectivity index (χ4v) is 2.62. The summed E-state index contributed by atoms with van der Waals surface area (Å²) in [5.74, 6) is 0. The minimum atomic E-state index is 0.878. The summed E-state index contributed by atoms with van der Waals surface area (Å²) in [5.41, 5.74) is 4.70. The minimum Gasteiger partial charge on any atom is -0.241 e. The molecule has 0 radical (unpaired) electrons. The summed E-state index contributed by atoms with van der Waals surface area (Å²) in [6.07, 6.45) is 0. The van der Waals surface area contributed by atoms with Crippen molar-refractivity contribution in [2.45, 2.75) is 6.92 Å². The van der Waals surface area contributed by atoms with Gasteiger partial charge in [-0.05, 0) is 45.6 Å². The Morgan fingerprint density at radius 2 is 1.72 bits per heavy atom. The highest BCUT2D eigenvalue weighted by molar-refractivity contribution is 9.10.